The lowest BCUT2D eigenvalue weighted by Crippen LogP contribution is -2.08. The summed E-state index contributed by atoms with van der Waals surface area (Å²) in [5.74, 6) is 1.68. The summed E-state index contributed by atoms with van der Waals surface area (Å²) in [5.41, 5.74) is 8.06. The van der Waals surface area contributed by atoms with Crippen molar-refractivity contribution < 1.29 is 18.6 Å². The molecule has 24 heavy (non-hydrogen) atoms. The van der Waals surface area contributed by atoms with E-state index < -0.39 is 0 Å². The Morgan fingerprint density at radius 3 is 2.71 bits per heavy atom. The fraction of sp³-hybridized carbons (Fsp3) is 0.167. The number of rotatable bonds is 2. The van der Waals surface area contributed by atoms with Crippen LogP contribution >= 0.6 is 0 Å². The first-order chi connectivity index (χ1) is 11.6. The molecule has 0 amide bonds. The van der Waals surface area contributed by atoms with Gasteiger partial charge >= 0.3 is 0 Å². The van der Waals surface area contributed by atoms with Crippen molar-refractivity contribution in [3.63, 3.8) is 0 Å². The van der Waals surface area contributed by atoms with Crippen LogP contribution in [-0.4, -0.2) is 13.9 Å². The van der Waals surface area contributed by atoms with Gasteiger partial charge in [0.15, 0.2) is 22.8 Å². The average molecular weight is 325 g/mol. The topological polar surface area (TPSA) is 83.9 Å². The van der Waals surface area contributed by atoms with E-state index >= 15 is 0 Å². The molecule has 1 aromatic heterocycles. The molecule has 0 atom stereocenters. The van der Waals surface area contributed by atoms with Gasteiger partial charge in [0.2, 0.25) is 18.0 Å². The van der Waals surface area contributed by atoms with Gasteiger partial charge in [0.05, 0.1) is 18.2 Å². The van der Waals surface area contributed by atoms with Gasteiger partial charge in [-0.05, 0) is 42.8 Å². The minimum absolute atomic E-state index is 0.131. The zero-order chi connectivity index (χ0) is 16.8. The van der Waals surface area contributed by atoms with E-state index in [2.05, 4.69) is 0 Å². The minimum atomic E-state index is -0.262. The van der Waals surface area contributed by atoms with Crippen LogP contribution in [0.5, 0.6) is 17.2 Å². The van der Waals surface area contributed by atoms with Gasteiger partial charge in [-0.1, -0.05) is 0 Å². The van der Waals surface area contributed by atoms with Crippen LogP contribution in [0.25, 0.3) is 22.3 Å². The van der Waals surface area contributed by atoms with E-state index in [4.69, 9.17) is 24.4 Å². The molecule has 0 bridgehead atoms. The first-order valence-electron chi connectivity index (χ1n) is 7.39. The summed E-state index contributed by atoms with van der Waals surface area (Å²) < 4.78 is 22.0. The van der Waals surface area contributed by atoms with Gasteiger partial charge in [0, 0.05) is 5.56 Å². The number of fused-ring (bicyclic) bond motifs is 2. The van der Waals surface area contributed by atoms with Crippen LogP contribution in [0.1, 0.15) is 5.56 Å². The average Bonchev–Trinajstić information content (AvgIpc) is 3.03. The SMILES string of the molecule is COc1c(-c2ccc3c(c2)OCO3)oc2c(N)cc(C)cc2c1=O. The van der Waals surface area contributed by atoms with Crippen molar-refractivity contribution in [2.75, 3.05) is 19.6 Å². The van der Waals surface area contributed by atoms with E-state index in [0.29, 0.717) is 39.5 Å². The van der Waals surface area contributed by atoms with E-state index in [1.54, 1.807) is 30.3 Å². The highest BCUT2D eigenvalue weighted by molar-refractivity contribution is 5.91. The molecule has 122 valence electrons. The molecule has 0 radical (unpaired) electrons. The lowest BCUT2D eigenvalue weighted by Gasteiger charge is -2.11. The highest BCUT2D eigenvalue weighted by Crippen LogP contribution is 2.39. The number of anilines is 1. The molecule has 2 aromatic carbocycles. The zero-order valence-corrected chi connectivity index (χ0v) is 13.2. The van der Waals surface area contributed by atoms with Gasteiger partial charge in [-0.15, -0.1) is 0 Å². The number of hydrogen-bond donors (Lipinski definition) is 1. The number of hydrogen-bond acceptors (Lipinski definition) is 6. The summed E-state index contributed by atoms with van der Waals surface area (Å²) >= 11 is 0. The molecule has 6 heteroatoms. The van der Waals surface area contributed by atoms with Gasteiger partial charge in [0.1, 0.15) is 0 Å². The highest BCUT2D eigenvalue weighted by atomic mass is 16.7. The van der Waals surface area contributed by atoms with Crippen molar-refractivity contribution in [2.45, 2.75) is 6.92 Å². The van der Waals surface area contributed by atoms with Crippen LogP contribution in [0, 0.1) is 6.92 Å². The first kappa shape index (κ1) is 14.4. The van der Waals surface area contributed by atoms with Gasteiger partial charge in [-0.3, -0.25) is 4.79 Å². The summed E-state index contributed by atoms with van der Waals surface area (Å²) in [5, 5.41) is 0.397. The van der Waals surface area contributed by atoms with Crippen molar-refractivity contribution in [3.05, 3.63) is 46.1 Å². The molecule has 0 saturated heterocycles. The zero-order valence-electron chi connectivity index (χ0n) is 13.2. The van der Waals surface area contributed by atoms with Crippen molar-refractivity contribution in [2.24, 2.45) is 0 Å². The molecule has 2 heterocycles. The summed E-state index contributed by atoms with van der Waals surface area (Å²) in [6.45, 7) is 2.04. The molecule has 0 saturated carbocycles. The Hall–Kier alpha value is -3.15. The van der Waals surface area contributed by atoms with E-state index in [1.807, 2.05) is 6.92 Å². The molecule has 0 aliphatic carbocycles. The molecule has 0 unspecified atom stereocenters. The third kappa shape index (κ3) is 2.07. The number of nitrogens with two attached hydrogens (primary N) is 1. The quantitative estimate of drug-likeness (QED) is 0.729. The maximum Gasteiger partial charge on any atom is 0.235 e. The monoisotopic (exact) mass is 325 g/mol. The second kappa shape index (κ2) is 5.19. The van der Waals surface area contributed by atoms with Gasteiger partial charge < -0.3 is 24.4 Å². The molecule has 6 nitrogen and oxygen atoms in total. The van der Waals surface area contributed by atoms with Crippen molar-refractivity contribution >= 4 is 16.7 Å². The summed E-state index contributed by atoms with van der Waals surface area (Å²) in [6, 6.07) is 8.80. The number of ether oxygens (including phenoxy) is 3. The van der Waals surface area contributed by atoms with Crippen molar-refractivity contribution in [3.8, 4) is 28.6 Å². The standard InChI is InChI=1S/C18H15NO5/c1-9-5-11-15(20)18(21-2)16(24-17(11)12(19)6-9)10-3-4-13-14(7-10)23-8-22-13/h3-7H,8,19H2,1-2H3. The maximum atomic E-state index is 12.8. The lowest BCUT2D eigenvalue weighted by molar-refractivity contribution is 0.174. The van der Waals surface area contributed by atoms with Crippen LogP contribution in [0.3, 0.4) is 0 Å². The maximum absolute atomic E-state index is 12.8. The summed E-state index contributed by atoms with van der Waals surface area (Å²) in [6.07, 6.45) is 0. The fourth-order valence-corrected chi connectivity index (χ4v) is 2.87. The minimum Gasteiger partial charge on any atom is -0.490 e. The molecule has 3 aromatic rings. The van der Waals surface area contributed by atoms with E-state index in [9.17, 15) is 4.79 Å². The van der Waals surface area contributed by atoms with Crippen molar-refractivity contribution in [1.29, 1.82) is 0 Å². The third-order valence-corrected chi connectivity index (χ3v) is 3.96. The predicted octanol–water partition coefficient (Wildman–Crippen LogP) is 3.09. The molecule has 4 rings (SSSR count). The van der Waals surface area contributed by atoms with Crippen LogP contribution in [0.4, 0.5) is 5.69 Å². The Balaban J connectivity index is 2.03. The number of nitrogen functional groups attached to an aromatic ring is 1. The molecule has 0 fully saturated rings. The Bertz CT molecular complexity index is 1020. The Morgan fingerprint density at radius 1 is 1.12 bits per heavy atom. The Morgan fingerprint density at radius 2 is 1.92 bits per heavy atom. The van der Waals surface area contributed by atoms with Crippen LogP contribution in [-0.2, 0) is 0 Å². The van der Waals surface area contributed by atoms with Crippen molar-refractivity contribution in [1.82, 2.24) is 0 Å². The highest BCUT2D eigenvalue weighted by Gasteiger charge is 2.21. The fourth-order valence-electron chi connectivity index (χ4n) is 2.87. The van der Waals surface area contributed by atoms with Gasteiger partial charge in [0.25, 0.3) is 0 Å². The summed E-state index contributed by atoms with van der Waals surface area (Å²) in [4.78, 5) is 12.8. The van der Waals surface area contributed by atoms with Crippen LogP contribution < -0.4 is 25.4 Å². The smallest absolute Gasteiger partial charge is 0.235 e. The molecule has 0 spiro atoms. The first-order valence-corrected chi connectivity index (χ1v) is 7.39. The van der Waals surface area contributed by atoms with Crippen LogP contribution in [0.2, 0.25) is 0 Å². The largest absolute Gasteiger partial charge is 0.490 e. The normalized spacial score (nSPS) is 12.6. The second-order valence-electron chi connectivity index (χ2n) is 5.59. The Labute approximate surface area is 137 Å². The Kier molecular flexibility index (Phi) is 3.13. The predicted molar refractivity (Wildman–Crippen MR) is 89.7 cm³/mol. The summed E-state index contributed by atoms with van der Waals surface area (Å²) in [7, 11) is 1.44. The number of methoxy groups -OCH3 is 1. The van der Waals surface area contributed by atoms with Gasteiger partial charge in [-0.2, -0.15) is 0 Å². The van der Waals surface area contributed by atoms with E-state index in [-0.39, 0.29) is 18.0 Å². The third-order valence-electron chi connectivity index (χ3n) is 3.96. The van der Waals surface area contributed by atoms with E-state index in [1.165, 1.54) is 7.11 Å². The van der Waals surface area contributed by atoms with Crippen LogP contribution in [0.15, 0.2) is 39.5 Å². The molecular weight excluding hydrogens is 310 g/mol. The number of aryl methyl sites for hydroxylation is 1. The molecule has 2 N–H and O–H groups in total. The second-order valence-corrected chi connectivity index (χ2v) is 5.59. The van der Waals surface area contributed by atoms with E-state index in [0.717, 1.165) is 5.56 Å². The molecule has 1 aliphatic heterocycles. The number of benzene rings is 2. The van der Waals surface area contributed by atoms with Gasteiger partial charge in [-0.25, -0.2) is 0 Å². The molecule has 1 aliphatic rings. The lowest BCUT2D eigenvalue weighted by atomic mass is 10.1. The molecular formula is C18H15NO5.